The summed E-state index contributed by atoms with van der Waals surface area (Å²) in [5.41, 5.74) is 6.37. The minimum Gasteiger partial charge on any atom is -0.386 e. The van der Waals surface area contributed by atoms with E-state index < -0.39 is 10.0 Å². The summed E-state index contributed by atoms with van der Waals surface area (Å²) in [7, 11) is -3.77. The van der Waals surface area contributed by atoms with E-state index in [1.165, 1.54) is 6.08 Å². The van der Waals surface area contributed by atoms with Crippen LogP contribution in [0.5, 0.6) is 0 Å². The number of nitrogens with zero attached hydrogens (tertiary/aromatic N) is 1. The molecule has 122 valence electrons. The Morgan fingerprint density at radius 3 is 2.64 bits per heavy atom. The Labute approximate surface area is 142 Å². The van der Waals surface area contributed by atoms with Crippen LogP contribution in [0, 0.1) is 5.92 Å². The fourth-order valence-corrected chi connectivity index (χ4v) is 2.88. The van der Waals surface area contributed by atoms with Crippen molar-refractivity contribution in [1.82, 2.24) is 0 Å². The lowest BCUT2D eigenvalue weighted by molar-refractivity contribution is 0.602. The molecule has 1 aromatic carbocycles. The summed E-state index contributed by atoms with van der Waals surface area (Å²) < 4.78 is 27.5. The molecule has 4 nitrogen and oxygen atoms in total. The molecule has 0 aromatic heterocycles. The third kappa shape index (κ3) is 6.38. The first-order valence-electron chi connectivity index (χ1n) is 6.98. The summed E-state index contributed by atoms with van der Waals surface area (Å²) in [5.74, 6) is 0.0698. The van der Waals surface area contributed by atoms with E-state index >= 15 is 0 Å². The Bertz CT molecular complexity index is 670. The average molecular weight is 363 g/mol. The third-order valence-corrected chi connectivity index (χ3v) is 4.79. The Hall–Kier alpha value is -1.04. The van der Waals surface area contributed by atoms with Gasteiger partial charge in [0, 0.05) is 5.92 Å². The van der Waals surface area contributed by atoms with Crippen molar-refractivity contribution in [3.63, 3.8) is 0 Å². The van der Waals surface area contributed by atoms with E-state index in [0.29, 0.717) is 15.6 Å². The van der Waals surface area contributed by atoms with Crippen molar-refractivity contribution >= 4 is 45.1 Å². The van der Waals surface area contributed by atoms with Crippen LogP contribution in [0.3, 0.4) is 0 Å². The lowest BCUT2D eigenvalue weighted by Gasteiger charge is -2.09. The number of nitrogens with two attached hydrogens (primary N) is 1. The molecule has 1 unspecified atom stereocenters. The van der Waals surface area contributed by atoms with E-state index in [-0.39, 0.29) is 11.8 Å². The van der Waals surface area contributed by atoms with Crippen LogP contribution in [0.2, 0.25) is 10.0 Å². The van der Waals surface area contributed by atoms with Crippen molar-refractivity contribution < 1.29 is 8.42 Å². The molecule has 0 radical (unpaired) electrons. The first kappa shape index (κ1) is 19.0. The van der Waals surface area contributed by atoms with Crippen molar-refractivity contribution in [3.05, 3.63) is 39.2 Å². The molecule has 0 fully saturated rings. The molecule has 0 bridgehead atoms. The van der Waals surface area contributed by atoms with E-state index in [4.69, 9.17) is 28.9 Å². The van der Waals surface area contributed by atoms with E-state index in [9.17, 15) is 8.42 Å². The monoisotopic (exact) mass is 362 g/mol. The summed E-state index contributed by atoms with van der Waals surface area (Å²) in [5, 5.41) is 1.78. The van der Waals surface area contributed by atoms with Crippen LogP contribution >= 0.6 is 23.2 Å². The second kappa shape index (κ2) is 8.56. The molecule has 1 rings (SSSR count). The molecule has 2 N–H and O–H groups in total. The summed E-state index contributed by atoms with van der Waals surface area (Å²) >= 11 is 11.7. The number of sulfonamides is 1. The van der Waals surface area contributed by atoms with Crippen molar-refractivity contribution in [2.45, 2.75) is 33.1 Å². The zero-order valence-corrected chi connectivity index (χ0v) is 14.9. The highest BCUT2D eigenvalue weighted by molar-refractivity contribution is 7.93. The standard InChI is InChI=1S/C15H20Cl2N2O2S/c1-3-4-5-11(2)15(18)19-22(20,21)9-8-12-6-7-13(16)14(17)10-12/h6-11H,3-5H2,1-2H3,(H2,18,19). The van der Waals surface area contributed by atoms with Crippen LogP contribution in [0.4, 0.5) is 0 Å². The van der Waals surface area contributed by atoms with Crippen LogP contribution in [-0.2, 0) is 10.0 Å². The maximum atomic E-state index is 11.9. The molecule has 7 heteroatoms. The van der Waals surface area contributed by atoms with Crippen LogP contribution in [0.25, 0.3) is 6.08 Å². The molecular weight excluding hydrogens is 343 g/mol. The van der Waals surface area contributed by atoms with Gasteiger partial charge in [0.15, 0.2) is 0 Å². The fourth-order valence-electron chi connectivity index (χ4n) is 1.71. The SMILES string of the molecule is CCCCC(C)C(N)=NS(=O)(=O)C=Cc1ccc(Cl)c(Cl)c1. The molecule has 1 atom stereocenters. The number of halogens is 2. The smallest absolute Gasteiger partial charge is 0.277 e. The average Bonchev–Trinajstić information content (AvgIpc) is 2.45. The lowest BCUT2D eigenvalue weighted by Crippen LogP contribution is -2.22. The molecule has 0 spiro atoms. The zero-order chi connectivity index (χ0) is 16.8. The number of benzene rings is 1. The molecule has 0 saturated carbocycles. The van der Waals surface area contributed by atoms with E-state index in [1.807, 2.05) is 6.92 Å². The van der Waals surface area contributed by atoms with Gasteiger partial charge in [0.05, 0.1) is 15.5 Å². The van der Waals surface area contributed by atoms with Crippen molar-refractivity contribution in [2.75, 3.05) is 0 Å². The van der Waals surface area contributed by atoms with Crippen LogP contribution in [0.15, 0.2) is 28.0 Å². The highest BCUT2D eigenvalue weighted by Crippen LogP contribution is 2.23. The predicted molar refractivity (Wildman–Crippen MR) is 94.7 cm³/mol. The second-order valence-electron chi connectivity index (χ2n) is 5.05. The van der Waals surface area contributed by atoms with Gasteiger partial charge in [-0.1, -0.05) is 56.0 Å². The molecule has 0 aliphatic carbocycles. The second-order valence-corrected chi connectivity index (χ2v) is 7.35. The van der Waals surface area contributed by atoms with Gasteiger partial charge in [-0.15, -0.1) is 4.40 Å². The molecular formula is C15H20Cl2N2O2S. The highest BCUT2D eigenvalue weighted by atomic mass is 35.5. The van der Waals surface area contributed by atoms with Gasteiger partial charge in [-0.25, -0.2) is 0 Å². The topological polar surface area (TPSA) is 72.5 Å². The Morgan fingerprint density at radius 2 is 2.05 bits per heavy atom. The number of unbranched alkanes of at least 4 members (excludes halogenated alkanes) is 1. The fraction of sp³-hybridized carbons (Fsp3) is 0.400. The Kier molecular flexibility index (Phi) is 7.39. The lowest BCUT2D eigenvalue weighted by atomic mass is 10.0. The summed E-state index contributed by atoms with van der Waals surface area (Å²) in [6.07, 6.45) is 4.24. The molecule has 0 aliphatic rings. The molecule has 0 saturated heterocycles. The Balaban J connectivity index is 2.85. The van der Waals surface area contributed by atoms with Gasteiger partial charge >= 0.3 is 0 Å². The first-order valence-corrected chi connectivity index (χ1v) is 9.24. The molecule has 0 heterocycles. The van der Waals surface area contributed by atoms with Crippen molar-refractivity contribution in [1.29, 1.82) is 0 Å². The summed E-state index contributed by atoms with van der Waals surface area (Å²) in [6, 6.07) is 4.84. The van der Waals surface area contributed by atoms with Gasteiger partial charge < -0.3 is 5.73 Å². The van der Waals surface area contributed by atoms with Crippen LogP contribution < -0.4 is 5.73 Å². The van der Waals surface area contributed by atoms with Crippen LogP contribution in [0.1, 0.15) is 38.7 Å². The van der Waals surface area contributed by atoms with Gasteiger partial charge in [-0.2, -0.15) is 8.42 Å². The van der Waals surface area contributed by atoms with Gasteiger partial charge in [0.1, 0.15) is 5.84 Å². The van der Waals surface area contributed by atoms with Gasteiger partial charge in [-0.3, -0.25) is 0 Å². The van der Waals surface area contributed by atoms with Gasteiger partial charge in [0.2, 0.25) is 0 Å². The summed E-state index contributed by atoms with van der Waals surface area (Å²) in [4.78, 5) is 0. The number of amidine groups is 1. The highest BCUT2D eigenvalue weighted by Gasteiger charge is 2.11. The molecule has 0 amide bonds. The summed E-state index contributed by atoms with van der Waals surface area (Å²) in [6.45, 7) is 3.93. The minimum absolute atomic E-state index is 0.0619. The number of rotatable bonds is 7. The van der Waals surface area contributed by atoms with Crippen molar-refractivity contribution in [2.24, 2.45) is 16.0 Å². The largest absolute Gasteiger partial charge is 0.386 e. The number of hydrogen-bond donors (Lipinski definition) is 1. The predicted octanol–water partition coefficient (Wildman–Crippen LogP) is 4.48. The number of hydrogen-bond acceptors (Lipinski definition) is 2. The normalized spacial score (nSPS) is 14.5. The van der Waals surface area contributed by atoms with E-state index in [2.05, 4.69) is 11.3 Å². The van der Waals surface area contributed by atoms with Gasteiger partial charge in [-0.05, 0) is 30.2 Å². The quantitative estimate of drug-likeness (QED) is 0.573. The van der Waals surface area contributed by atoms with Gasteiger partial charge in [0.25, 0.3) is 10.0 Å². The van der Waals surface area contributed by atoms with Crippen LogP contribution in [-0.4, -0.2) is 14.3 Å². The van der Waals surface area contributed by atoms with Crippen molar-refractivity contribution in [3.8, 4) is 0 Å². The maximum absolute atomic E-state index is 11.9. The molecule has 1 aromatic rings. The van der Waals surface area contributed by atoms with E-state index in [1.54, 1.807) is 18.2 Å². The Morgan fingerprint density at radius 1 is 1.36 bits per heavy atom. The zero-order valence-electron chi connectivity index (χ0n) is 12.6. The molecule has 22 heavy (non-hydrogen) atoms. The van der Waals surface area contributed by atoms with E-state index in [0.717, 1.165) is 24.7 Å². The molecule has 0 aliphatic heterocycles. The first-order chi connectivity index (χ1) is 10.2. The maximum Gasteiger partial charge on any atom is 0.277 e. The minimum atomic E-state index is -3.77. The third-order valence-electron chi connectivity index (χ3n) is 3.10.